The lowest BCUT2D eigenvalue weighted by Gasteiger charge is -2.26. The van der Waals surface area contributed by atoms with Gasteiger partial charge in [0, 0.05) is 4.88 Å². The maximum Gasteiger partial charge on any atom is 0.143 e. The molecule has 3 rings (SSSR count). The third-order valence-electron chi connectivity index (χ3n) is 3.74. The van der Waals surface area contributed by atoms with Crippen molar-refractivity contribution in [3.05, 3.63) is 45.6 Å². The Morgan fingerprint density at radius 2 is 2.30 bits per heavy atom. The largest absolute Gasteiger partial charge is 0.495 e. The summed E-state index contributed by atoms with van der Waals surface area (Å²) in [5.74, 6) is 0.728. The van der Waals surface area contributed by atoms with Crippen LogP contribution in [0.2, 0.25) is 0 Å². The van der Waals surface area contributed by atoms with Gasteiger partial charge in [0.25, 0.3) is 0 Å². The number of rotatable bonds is 3. The Balaban J connectivity index is 1.96. The molecule has 0 saturated heterocycles. The number of hydrogen-bond donors (Lipinski definition) is 1. The molecule has 1 atom stereocenters. The summed E-state index contributed by atoms with van der Waals surface area (Å²) < 4.78 is 5.39. The van der Waals surface area contributed by atoms with Crippen molar-refractivity contribution >= 4 is 17.0 Å². The molecule has 0 aliphatic heterocycles. The van der Waals surface area contributed by atoms with E-state index in [1.807, 2.05) is 29.5 Å². The summed E-state index contributed by atoms with van der Waals surface area (Å²) in [4.78, 5) is 1.46. The van der Waals surface area contributed by atoms with E-state index in [1.54, 1.807) is 7.11 Å². The van der Waals surface area contributed by atoms with E-state index in [0.717, 1.165) is 17.9 Å². The predicted octanol–water partition coefficient (Wildman–Crippen LogP) is 4.12. The summed E-state index contributed by atoms with van der Waals surface area (Å²) in [5, 5.41) is 15.0. The van der Waals surface area contributed by atoms with Gasteiger partial charge in [0.1, 0.15) is 11.8 Å². The maximum atomic E-state index is 9.28. The average Bonchev–Trinajstić information content (AvgIpc) is 2.97. The number of benzene rings is 1. The summed E-state index contributed by atoms with van der Waals surface area (Å²) in [6.45, 7) is 0. The molecule has 0 fully saturated rings. The Labute approximate surface area is 122 Å². The molecule has 0 saturated carbocycles. The fourth-order valence-corrected chi connectivity index (χ4v) is 3.74. The first kappa shape index (κ1) is 13.0. The molecule has 0 bridgehead atoms. The van der Waals surface area contributed by atoms with Gasteiger partial charge in [-0.15, -0.1) is 11.3 Å². The minimum Gasteiger partial charge on any atom is -0.495 e. The molecule has 1 unspecified atom stereocenters. The van der Waals surface area contributed by atoms with E-state index in [1.165, 1.54) is 23.3 Å². The van der Waals surface area contributed by atoms with Crippen molar-refractivity contribution in [3.63, 3.8) is 0 Å². The van der Waals surface area contributed by atoms with Crippen molar-refractivity contribution in [2.75, 3.05) is 12.4 Å². The Morgan fingerprint density at radius 3 is 3.10 bits per heavy atom. The third-order valence-corrected chi connectivity index (χ3v) is 4.73. The van der Waals surface area contributed by atoms with Gasteiger partial charge in [-0.1, -0.05) is 6.07 Å². The summed E-state index contributed by atoms with van der Waals surface area (Å²) >= 11 is 1.82. The number of thiophene rings is 1. The number of nitrogens with one attached hydrogen (secondary N) is 1. The minimum atomic E-state index is 0.272. The SMILES string of the molecule is COc1cccc(C#N)c1NC1CCCc2sccc21. The topological polar surface area (TPSA) is 45.0 Å². The first-order chi connectivity index (χ1) is 9.83. The predicted molar refractivity (Wildman–Crippen MR) is 81.3 cm³/mol. The number of methoxy groups -OCH3 is 1. The second kappa shape index (κ2) is 5.56. The number of anilines is 1. The number of aryl methyl sites for hydroxylation is 1. The number of hydrogen-bond acceptors (Lipinski definition) is 4. The zero-order valence-electron chi connectivity index (χ0n) is 11.3. The summed E-state index contributed by atoms with van der Waals surface area (Å²) in [6, 6.07) is 10.3. The normalized spacial score (nSPS) is 17.1. The van der Waals surface area contributed by atoms with E-state index < -0.39 is 0 Å². The van der Waals surface area contributed by atoms with Crippen molar-refractivity contribution < 1.29 is 4.74 Å². The van der Waals surface area contributed by atoms with Crippen LogP contribution >= 0.6 is 11.3 Å². The highest BCUT2D eigenvalue weighted by Crippen LogP contribution is 2.38. The highest BCUT2D eigenvalue weighted by atomic mass is 32.1. The summed E-state index contributed by atoms with van der Waals surface area (Å²) in [6.07, 6.45) is 3.44. The molecule has 0 radical (unpaired) electrons. The molecule has 2 aromatic rings. The van der Waals surface area contributed by atoms with Crippen molar-refractivity contribution in [2.24, 2.45) is 0 Å². The molecule has 0 amide bonds. The van der Waals surface area contributed by atoms with E-state index in [2.05, 4.69) is 22.8 Å². The zero-order valence-corrected chi connectivity index (χ0v) is 12.2. The molecule has 1 N–H and O–H groups in total. The lowest BCUT2D eigenvalue weighted by Crippen LogP contribution is -2.16. The molecule has 20 heavy (non-hydrogen) atoms. The van der Waals surface area contributed by atoms with Crippen LogP contribution in [0.15, 0.2) is 29.6 Å². The van der Waals surface area contributed by atoms with Gasteiger partial charge < -0.3 is 10.1 Å². The lowest BCUT2D eigenvalue weighted by molar-refractivity contribution is 0.415. The first-order valence-electron chi connectivity index (χ1n) is 6.73. The zero-order chi connectivity index (χ0) is 13.9. The molecular weight excluding hydrogens is 268 g/mol. The monoisotopic (exact) mass is 284 g/mol. The van der Waals surface area contributed by atoms with Crippen LogP contribution in [-0.4, -0.2) is 7.11 Å². The Hall–Kier alpha value is -1.99. The number of ether oxygens (including phenoxy) is 1. The standard InChI is InChI=1S/C16H16N2OS/c1-19-14-6-2-4-11(10-17)16(14)18-13-5-3-7-15-12(13)8-9-20-15/h2,4,6,8-9,13,18H,3,5,7H2,1H3. The highest BCUT2D eigenvalue weighted by molar-refractivity contribution is 7.10. The van der Waals surface area contributed by atoms with Crippen LogP contribution in [0.3, 0.4) is 0 Å². The van der Waals surface area contributed by atoms with Crippen LogP contribution in [0.1, 0.15) is 34.9 Å². The highest BCUT2D eigenvalue weighted by Gasteiger charge is 2.23. The van der Waals surface area contributed by atoms with Gasteiger partial charge in [-0.2, -0.15) is 5.26 Å². The first-order valence-corrected chi connectivity index (χ1v) is 7.61. The number of para-hydroxylation sites is 1. The number of fused-ring (bicyclic) bond motifs is 1. The fraction of sp³-hybridized carbons (Fsp3) is 0.312. The van der Waals surface area contributed by atoms with E-state index in [4.69, 9.17) is 4.74 Å². The Bertz CT molecular complexity index is 657. The molecule has 1 aromatic heterocycles. The molecule has 1 aromatic carbocycles. The Kier molecular flexibility index (Phi) is 3.62. The third kappa shape index (κ3) is 2.25. The van der Waals surface area contributed by atoms with Crippen LogP contribution in [0.5, 0.6) is 5.75 Å². The smallest absolute Gasteiger partial charge is 0.143 e. The molecule has 0 spiro atoms. The molecular formula is C16H16N2OS. The van der Waals surface area contributed by atoms with Crippen molar-refractivity contribution in [1.29, 1.82) is 5.26 Å². The molecule has 1 aliphatic rings. The molecule has 1 heterocycles. The number of nitrogens with zero attached hydrogens (tertiary/aromatic N) is 1. The van der Waals surface area contributed by atoms with Crippen molar-refractivity contribution in [3.8, 4) is 11.8 Å². The van der Waals surface area contributed by atoms with E-state index >= 15 is 0 Å². The fourth-order valence-electron chi connectivity index (χ4n) is 2.75. The summed E-state index contributed by atoms with van der Waals surface area (Å²) in [7, 11) is 1.64. The average molecular weight is 284 g/mol. The summed E-state index contributed by atoms with van der Waals surface area (Å²) in [5.41, 5.74) is 2.81. The second-order valence-corrected chi connectivity index (χ2v) is 5.88. The maximum absolute atomic E-state index is 9.28. The van der Waals surface area contributed by atoms with Gasteiger partial charge in [-0.3, -0.25) is 0 Å². The van der Waals surface area contributed by atoms with Crippen LogP contribution in [0, 0.1) is 11.3 Å². The van der Waals surface area contributed by atoms with Gasteiger partial charge in [0.15, 0.2) is 0 Å². The van der Waals surface area contributed by atoms with Crippen LogP contribution in [0.25, 0.3) is 0 Å². The van der Waals surface area contributed by atoms with Crippen molar-refractivity contribution in [2.45, 2.75) is 25.3 Å². The van der Waals surface area contributed by atoms with E-state index in [-0.39, 0.29) is 6.04 Å². The van der Waals surface area contributed by atoms with E-state index in [0.29, 0.717) is 5.56 Å². The van der Waals surface area contributed by atoms with Crippen molar-refractivity contribution in [1.82, 2.24) is 0 Å². The Morgan fingerprint density at radius 1 is 1.40 bits per heavy atom. The molecule has 4 heteroatoms. The van der Waals surface area contributed by atoms with E-state index in [9.17, 15) is 5.26 Å². The van der Waals surface area contributed by atoms with Crippen LogP contribution < -0.4 is 10.1 Å². The van der Waals surface area contributed by atoms with Gasteiger partial charge in [0.2, 0.25) is 0 Å². The van der Waals surface area contributed by atoms with Gasteiger partial charge in [-0.05, 0) is 48.4 Å². The quantitative estimate of drug-likeness (QED) is 0.922. The molecule has 102 valence electrons. The van der Waals surface area contributed by atoms with Crippen LogP contribution in [0.4, 0.5) is 5.69 Å². The molecule has 1 aliphatic carbocycles. The van der Waals surface area contributed by atoms with Gasteiger partial charge in [0.05, 0.1) is 24.4 Å². The lowest BCUT2D eigenvalue weighted by atomic mass is 9.93. The van der Waals surface area contributed by atoms with Crippen LogP contribution in [-0.2, 0) is 6.42 Å². The van der Waals surface area contributed by atoms with Gasteiger partial charge >= 0.3 is 0 Å². The van der Waals surface area contributed by atoms with Gasteiger partial charge in [-0.25, -0.2) is 0 Å². The second-order valence-electron chi connectivity index (χ2n) is 4.88. The minimum absolute atomic E-state index is 0.272. The number of nitriles is 1. The molecule has 3 nitrogen and oxygen atoms in total.